The van der Waals surface area contributed by atoms with Crippen LogP contribution in [-0.2, 0) is 0 Å². The van der Waals surface area contributed by atoms with Crippen molar-refractivity contribution < 1.29 is 9.50 Å². The quantitative estimate of drug-likeness (QED) is 0.771. The minimum absolute atomic E-state index is 0.188. The van der Waals surface area contributed by atoms with E-state index < -0.39 is 0 Å². The van der Waals surface area contributed by atoms with Gasteiger partial charge in [-0.25, -0.2) is 14.4 Å². The van der Waals surface area contributed by atoms with Crippen molar-refractivity contribution >= 4 is 17.6 Å². The van der Waals surface area contributed by atoms with Gasteiger partial charge >= 0.3 is 0 Å². The zero-order valence-corrected chi connectivity index (χ0v) is 12.2. The van der Waals surface area contributed by atoms with Gasteiger partial charge in [0.05, 0.1) is 11.9 Å². The molecule has 0 aliphatic rings. The highest BCUT2D eigenvalue weighted by atomic mass is 32.2. The molecule has 6 heteroatoms. The molecule has 22 heavy (non-hydrogen) atoms. The first kappa shape index (κ1) is 14.3. The summed E-state index contributed by atoms with van der Waals surface area (Å²) in [5.41, 5.74) is 7.34. The van der Waals surface area contributed by atoms with Gasteiger partial charge < -0.3 is 10.8 Å². The molecule has 1 heterocycles. The Balaban J connectivity index is 1.92. The van der Waals surface area contributed by atoms with Crippen LogP contribution in [0.25, 0.3) is 11.3 Å². The second-order valence-electron chi connectivity index (χ2n) is 4.55. The van der Waals surface area contributed by atoms with Crippen molar-refractivity contribution in [1.82, 2.24) is 9.97 Å². The zero-order chi connectivity index (χ0) is 15.5. The molecule has 0 atom stereocenters. The first-order valence-corrected chi connectivity index (χ1v) is 7.29. The van der Waals surface area contributed by atoms with Gasteiger partial charge in [0.25, 0.3) is 0 Å². The van der Waals surface area contributed by atoms with Crippen molar-refractivity contribution in [2.24, 2.45) is 0 Å². The van der Waals surface area contributed by atoms with Gasteiger partial charge in [-0.1, -0.05) is 11.8 Å². The fourth-order valence-electron chi connectivity index (χ4n) is 1.84. The molecule has 3 rings (SSSR count). The van der Waals surface area contributed by atoms with E-state index in [1.165, 1.54) is 23.9 Å². The van der Waals surface area contributed by atoms with E-state index in [0.29, 0.717) is 16.5 Å². The van der Waals surface area contributed by atoms with Gasteiger partial charge in [-0.2, -0.15) is 0 Å². The summed E-state index contributed by atoms with van der Waals surface area (Å²) in [6.45, 7) is 0. The Morgan fingerprint density at radius 1 is 1.00 bits per heavy atom. The van der Waals surface area contributed by atoms with E-state index in [1.807, 2.05) is 0 Å². The van der Waals surface area contributed by atoms with Gasteiger partial charge in [-0.15, -0.1) is 0 Å². The summed E-state index contributed by atoms with van der Waals surface area (Å²) in [6, 6.07) is 12.8. The second kappa shape index (κ2) is 6.03. The third-order valence-electron chi connectivity index (χ3n) is 2.96. The maximum atomic E-state index is 12.9. The van der Waals surface area contributed by atoms with Crippen molar-refractivity contribution in [2.45, 2.75) is 9.92 Å². The highest BCUT2D eigenvalue weighted by Crippen LogP contribution is 2.31. The lowest BCUT2D eigenvalue weighted by Gasteiger charge is -2.07. The van der Waals surface area contributed by atoms with Gasteiger partial charge in [-0.05, 0) is 48.5 Å². The molecule has 0 saturated carbocycles. The van der Waals surface area contributed by atoms with E-state index in [9.17, 15) is 9.50 Å². The van der Waals surface area contributed by atoms with E-state index >= 15 is 0 Å². The van der Waals surface area contributed by atoms with E-state index in [0.717, 1.165) is 10.5 Å². The van der Waals surface area contributed by atoms with Crippen LogP contribution < -0.4 is 5.73 Å². The molecular weight excluding hydrogens is 301 g/mol. The Morgan fingerprint density at radius 3 is 2.36 bits per heavy atom. The Labute approximate surface area is 130 Å². The number of halogens is 1. The smallest absolute Gasteiger partial charge is 0.156 e. The van der Waals surface area contributed by atoms with Gasteiger partial charge in [0.2, 0.25) is 0 Å². The third-order valence-corrected chi connectivity index (χ3v) is 3.96. The molecule has 0 fully saturated rings. The lowest BCUT2D eigenvalue weighted by atomic mass is 10.1. The molecule has 0 saturated heterocycles. The van der Waals surface area contributed by atoms with Crippen molar-refractivity contribution in [3.05, 3.63) is 60.5 Å². The van der Waals surface area contributed by atoms with Crippen LogP contribution in [0.3, 0.4) is 0 Å². The average molecular weight is 313 g/mol. The number of phenolic OH excluding ortho intramolecular Hbond substituents is 1. The largest absolute Gasteiger partial charge is 0.508 e. The highest BCUT2D eigenvalue weighted by Gasteiger charge is 2.09. The van der Waals surface area contributed by atoms with E-state index in [2.05, 4.69) is 9.97 Å². The van der Waals surface area contributed by atoms with Crippen LogP contribution in [-0.4, -0.2) is 15.1 Å². The molecule has 0 aliphatic heterocycles. The van der Waals surface area contributed by atoms with Crippen molar-refractivity contribution in [3.63, 3.8) is 0 Å². The Bertz CT molecular complexity index is 791. The van der Waals surface area contributed by atoms with Crippen LogP contribution in [0.2, 0.25) is 0 Å². The number of phenols is 1. The van der Waals surface area contributed by atoms with Gasteiger partial charge in [0.15, 0.2) is 5.82 Å². The summed E-state index contributed by atoms with van der Waals surface area (Å²) < 4.78 is 12.9. The minimum atomic E-state index is -0.291. The molecule has 2 aromatic carbocycles. The molecule has 0 amide bonds. The lowest BCUT2D eigenvalue weighted by molar-refractivity contribution is 0.475. The highest BCUT2D eigenvalue weighted by molar-refractivity contribution is 7.99. The second-order valence-corrected chi connectivity index (χ2v) is 5.61. The average Bonchev–Trinajstić information content (AvgIpc) is 2.52. The van der Waals surface area contributed by atoms with Crippen LogP contribution in [0.4, 0.5) is 10.2 Å². The number of aromatic hydroxyl groups is 1. The van der Waals surface area contributed by atoms with Crippen LogP contribution in [0.1, 0.15) is 0 Å². The van der Waals surface area contributed by atoms with E-state index in [-0.39, 0.29) is 11.6 Å². The number of nitrogen functional groups attached to an aromatic ring is 1. The summed E-state index contributed by atoms with van der Waals surface area (Å²) in [7, 11) is 0. The Kier molecular flexibility index (Phi) is 3.93. The predicted octanol–water partition coefficient (Wildman–Crippen LogP) is 3.72. The number of aromatic nitrogens is 2. The predicted molar refractivity (Wildman–Crippen MR) is 84.1 cm³/mol. The zero-order valence-electron chi connectivity index (χ0n) is 11.4. The molecule has 3 N–H and O–H groups in total. The van der Waals surface area contributed by atoms with E-state index in [4.69, 9.17) is 5.73 Å². The fourth-order valence-corrected chi connectivity index (χ4v) is 2.64. The van der Waals surface area contributed by atoms with Gasteiger partial charge in [-0.3, -0.25) is 0 Å². The number of hydrogen-bond acceptors (Lipinski definition) is 5. The summed E-state index contributed by atoms with van der Waals surface area (Å²) in [6.07, 6.45) is 1.58. The standard InChI is InChI=1S/C16H12FN3OS/c17-11-3-7-13(8-4-11)22-16-15(18)19-9-14(20-16)10-1-5-12(21)6-2-10/h1-9,21H,(H2,18,19). The molecule has 0 bridgehead atoms. The van der Waals surface area contributed by atoms with Crippen LogP contribution in [0.15, 0.2) is 64.6 Å². The first-order chi connectivity index (χ1) is 10.6. The molecule has 0 unspecified atom stereocenters. The van der Waals surface area contributed by atoms with Crippen molar-refractivity contribution in [1.29, 1.82) is 0 Å². The SMILES string of the molecule is Nc1ncc(-c2ccc(O)cc2)nc1Sc1ccc(F)cc1. The lowest BCUT2D eigenvalue weighted by Crippen LogP contribution is -1.97. The van der Waals surface area contributed by atoms with E-state index in [1.54, 1.807) is 42.6 Å². The molecule has 3 aromatic rings. The topological polar surface area (TPSA) is 72.0 Å². The fraction of sp³-hybridized carbons (Fsp3) is 0. The van der Waals surface area contributed by atoms with Crippen LogP contribution in [0, 0.1) is 5.82 Å². The number of benzene rings is 2. The molecule has 0 spiro atoms. The Morgan fingerprint density at radius 2 is 1.68 bits per heavy atom. The number of anilines is 1. The summed E-state index contributed by atoms with van der Waals surface area (Å²) in [4.78, 5) is 9.46. The van der Waals surface area contributed by atoms with Gasteiger partial charge in [0.1, 0.15) is 16.6 Å². The summed E-state index contributed by atoms with van der Waals surface area (Å²) in [5, 5.41) is 9.88. The monoisotopic (exact) mass is 313 g/mol. The molecule has 4 nitrogen and oxygen atoms in total. The number of hydrogen-bond donors (Lipinski definition) is 2. The summed E-state index contributed by atoms with van der Waals surface area (Å²) >= 11 is 1.32. The number of nitrogens with zero attached hydrogens (tertiary/aromatic N) is 2. The van der Waals surface area contributed by atoms with Gasteiger partial charge in [0, 0.05) is 10.5 Å². The van der Waals surface area contributed by atoms with Crippen LogP contribution >= 0.6 is 11.8 Å². The van der Waals surface area contributed by atoms with Crippen LogP contribution in [0.5, 0.6) is 5.75 Å². The first-order valence-electron chi connectivity index (χ1n) is 6.47. The third kappa shape index (κ3) is 3.17. The maximum absolute atomic E-state index is 12.9. The number of nitrogens with two attached hydrogens (primary N) is 1. The molecular formula is C16H12FN3OS. The molecule has 0 aliphatic carbocycles. The normalized spacial score (nSPS) is 10.6. The van der Waals surface area contributed by atoms with Crippen molar-refractivity contribution in [3.8, 4) is 17.0 Å². The maximum Gasteiger partial charge on any atom is 0.156 e. The Hall–Kier alpha value is -2.60. The molecule has 0 radical (unpaired) electrons. The molecule has 110 valence electrons. The minimum Gasteiger partial charge on any atom is -0.508 e. The molecule has 1 aromatic heterocycles. The van der Waals surface area contributed by atoms with Crippen molar-refractivity contribution in [2.75, 3.05) is 5.73 Å². The summed E-state index contributed by atoms with van der Waals surface area (Å²) in [5.74, 6) is 0.214. The number of rotatable bonds is 3.